The Kier molecular flexibility index (Phi) is 4.73. The number of thiophene rings is 1. The van der Waals surface area contributed by atoms with Crippen molar-refractivity contribution in [1.29, 1.82) is 0 Å². The van der Waals surface area contributed by atoms with E-state index in [9.17, 15) is 4.79 Å². The first kappa shape index (κ1) is 13.2. The summed E-state index contributed by atoms with van der Waals surface area (Å²) in [5.74, 6) is 0.233. The Morgan fingerprint density at radius 3 is 2.94 bits per heavy atom. The molecule has 1 aromatic heterocycles. The van der Waals surface area contributed by atoms with Gasteiger partial charge in [0.15, 0.2) is 5.78 Å². The zero-order valence-electron chi connectivity index (χ0n) is 9.99. The zero-order valence-corrected chi connectivity index (χ0v) is 12.4. The molecule has 0 amide bonds. The van der Waals surface area contributed by atoms with E-state index in [4.69, 9.17) is 0 Å². The lowest BCUT2D eigenvalue weighted by Gasteiger charge is -2.18. The topological polar surface area (TPSA) is 23.6 Å². The van der Waals surface area contributed by atoms with Gasteiger partial charge in [0, 0.05) is 17.6 Å². The summed E-state index contributed by atoms with van der Waals surface area (Å²) in [6.45, 7) is 4.75. The SMILES string of the molecule is CN1CCCN(CC(=O)c2sccc2Br)CC1. The van der Waals surface area contributed by atoms with Crippen LogP contribution < -0.4 is 0 Å². The average Bonchev–Trinajstić information content (AvgIpc) is 2.61. The molecule has 1 aromatic rings. The Morgan fingerprint density at radius 1 is 1.41 bits per heavy atom. The van der Waals surface area contributed by atoms with E-state index in [0.29, 0.717) is 6.54 Å². The van der Waals surface area contributed by atoms with Gasteiger partial charge in [0.05, 0.1) is 11.4 Å². The van der Waals surface area contributed by atoms with Crippen molar-refractivity contribution in [3.05, 3.63) is 20.8 Å². The summed E-state index contributed by atoms with van der Waals surface area (Å²) < 4.78 is 0.930. The van der Waals surface area contributed by atoms with Crippen LogP contribution in [0.25, 0.3) is 0 Å². The molecule has 5 heteroatoms. The summed E-state index contributed by atoms with van der Waals surface area (Å²) in [5, 5.41) is 1.95. The van der Waals surface area contributed by atoms with Crippen LogP contribution in [0.4, 0.5) is 0 Å². The van der Waals surface area contributed by atoms with E-state index in [2.05, 4.69) is 32.8 Å². The molecule has 0 atom stereocenters. The molecule has 0 spiro atoms. The maximum atomic E-state index is 12.1. The predicted molar refractivity (Wildman–Crippen MR) is 74.9 cm³/mol. The highest BCUT2D eigenvalue weighted by molar-refractivity contribution is 9.10. The number of halogens is 1. The van der Waals surface area contributed by atoms with Gasteiger partial charge in [-0.3, -0.25) is 9.69 Å². The Hall–Kier alpha value is -0.230. The van der Waals surface area contributed by atoms with Gasteiger partial charge in [-0.2, -0.15) is 0 Å². The van der Waals surface area contributed by atoms with Gasteiger partial charge in [-0.1, -0.05) is 0 Å². The third-order valence-corrected chi connectivity index (χ3v) is 4.93. The van der Waals surface area contributed by atoms with E-state index < -0.39 is 0 Å². The Labute approximate surface area is 115 Å². The number of carbonyl (C=O) groups excluding carboxylic acids is 1. The standard InChI is InChI=1S/C12H17BrN2OS/c1-14-4-2-5-15(7-6-14)9-11(16)12-10(13)3-8-17-12/h3,8H,2,4-7,9H2,1H3. The fourth-order valence-electron chi connectivity index (χ4n) is 2.03. The quantitative estimate of drug-likeness (QED) is 0.800. The van der Waals surface area contributed by atoms with E-state index in [1.54, 1.807) is 0 Å². The molecule has 2 rings (SSSR count). The summed E-state index contributed by atoms with van der Waals surface area (Å²) in [6, 6.07) is 1.94. The number of hydrogen-bond donors (Lipinski definition) is 0. The Balaban J connectivity index is 1.92. The molecule has 94 valence electrons. The molecular formula is C12H17BrN2OS. The van der Waals surface area contributed by atoms with Crippen molar-refractivity contribution >= 4 is 33.0 Å². The lowest BCUT2D eigenvalue weighted by molar-refractivity contribution is 0.0937. The number of rotatable bonds is 3. The Morgan fingerprint density at radius 2 is 2.24 bits per heavy atom. The van der Waals surface area contributed by atoms with Gasteiger partial charge in [0.25, 0.3) is 0 Å². The van der Waals surface area contributed by atoms with Crippen LogP contribution in [0.1, 0.15) is 16.1 Å². The molecule has 0 aliphatic carbocycles. The van der Waals surface area contributed by atoms with Crippen LogP contribution >= 0.6 is 27.3 Å². The first-order valence-electron chi connectivity index (χ1n) is 5.84. The van der Waals surface area contributed by atoms with E-state index in [0.717, 1.165) is 41.9 Å². The normalized spacial score (nSPS) is 19.2. The van der Waals surface area contributed by atoms with Crippen molar-refractivity contribution in [3.8, 4) is 0 Å². The number of Topliss-reactive ketones (excluding diaryl/α,β-unsaturated/α-hetero) is 1. The number of hydrogen-bond acceptors (Lipinski definition) is 4. The van der Waals surface area contributed by atoms with Crippen molar-refractivity contribution in [2.24, 2.45) is 0 Å². The molecule has 0 radical (unpaired) electrons. The van der Waals surface area contributed by atoms with Crippen LogP contribution in [-0.4, -0.2) is 55.4 Å². The molecule has 0 unspecified atom stereocenters. The first-order valence-corrected chi connectivity index (χ1v) is 7.51. The van der Waals surface area contributed by atoms with Gasteiger partial charge in [-0.05, 0) is 53.9 Å². The molecule has 17 heavy (non-hydrogen) atoms. The minimum absolute atomic E-state index is 0.233. The van der Waals surface area contributed by atoms with Gasteiger partial charge >= 0.3 is 0 Å². The van der Waals surface area contributed by atoms with E-state index in [1.807, 2.05) is 11.4 Å². The highest BCUT2D eigenvalue weighted by Gasteiger charge is 2.18. The van der Waals surface area contributed by atoms with Crippen LogP contribution in [0, 0.1) is 0 Å². The van der Waals surface area contributed by atoms with Crippen LogP contribution in [0.3, 0.4) is 0 Å². The first-order chi connectivity index (χ1) is 8.16. The molecular weight excluding hydrogens is 300 g/mol. The molecule has 3 nitrogen and oxygen atoms in total. The van der Waals surface area contributed by atoms with Gasteiger partial charge in [-0.15, -0.1) is 11.3 Å². The molecule has 0 bridgehead atoms. The lowest BCUT2D eigenvalue weighted by atomic mass is 10.3. The van der Waals surface area contributed by atoms with E-state index >= 15 is 0 Å². The predicted octanol–water partition coefficient (Wildman–Crippen LogP) is 2.33. The minimum atomic E-state index is 0.233. The summed E-state index contributed by atoms with van der Waals surface area (Å²) >= 11 is 4.94. The monoisotopic (exact) mass is 316 g/mol. The highest BCUT2D eigenvalue weighted by atomic mass is 79.9. The van der Waals surface area contributed by atoms with E-state index in [1.165, 1.54) is 11.3 Å². The summed E-state index contributed by atoms with van der Waals surface area (Å²) in [4.78, 5) is 17.6. The van der Waals surface area contributed by atoms with Crippen LogP contribution in [0.5, 0.6) is 0 Å². The van der Waals surface area contributed by atoms with Gasteiger partial charge in [0.1, 0.15) is 0 Å². The van der Waals surface area contributed by atoms with Crippen LogP contribution in [-0.2, 0) is 0 Å². The Bertz CT molecular complexity index is 394. The van der Waals surface area contributed by atoms with Crippen molar-refractivity contribution in [2.75, 3.05) is 39.8 Å². The molecule has 1 aliphatic heterocycles. The molecule has 0 aromatic carbocycles. The number of carbonyl (C=O) groups is 1. The van der Waals surface area contributed by atoms with Crippen molar-refractivity contribution in [1.82, 2.24) is 9.80 Å². The van der Waals surface area contributed by atoms with Gasteiger partial charge in [0.2, 0.25) is 0 Å². The van der Waals surface area contributed by atoms with Crippen molar-refractivity contribution < 1.29 is 4.79 Å². The number of nitrogens with zero attached hydrogens (tertiary/aromatic N) is 2. The molecule has 0 saturated carbocycles. The summed E-state index contributed by atoms with van der Waals surface area (Å²) in [6.07, 6.45) is 1.15. The fourth-order valence-corrected chi connectivity index (χ4v) is 3.55. The second kappa shape index (κ2) is 6.09. The van der Waals surface area contributed by atoms with Gasteiger partial charge < -0.3 is 4.90 Å². The second-order valence-electron chi connectivity index (χ2n) is 4.45. The van der Waals surface area contributed by atoms with Crippen molar-refractivity contribution in [2.45, 2.75) is 6.42 Å². The number of likely N-dealkylation sites (N-methyl/N-ethyl adjacent to an activating group) is 1. The van der Waals surface area contributed by atoms with Gasteiger partial charge in [-0.25, -0.2) is 0 Å². The zero-order chi connectivity index (χ0) is 12.3. The average molecular weight is 317 g/mol. The number of ketones is 1. The summed E-state index contributed by atoms with van der Waals surface area (Å²) in [5.41, 5.74) is 0. The highest BCUT2D eigenvalue weighted by Crippen LogP contribution is 2.23. The van der Waals surface area contributed by atoms with E-state index in [-0.39, 0.29) is 5.78 Å². The molecule has 0 N–H and O–H groups in total. The largest absolute Gasteiger partial charge is 0.305 e. The molecule has 1 saturated heterocycles. The second-order valence-corrected chi connectivity index (χ2v) is 6.22. The summed E-state index contributed by atoms with van der Waals surface area (Å²) in [7, 11) is 2.14. The fraction of sp³-hybridized carbons (Fsp3) is 0.583. The minimum Gasteiger partial charge on any atom is -0.305 e. The third-order valence-electron chi connectivity index (χ3n) is 3.05. The molecule has 2 heterocycles. The third kappa shape index (κ3) is 3.61. The lowest BCUT2D eigenvalue weighted by Crippen LogP contribution is -2.33. The van der Waals surface area contributed by atoms with Crippen LogP contribution in [0.15, 0.2) is 15.9 Å². The molecule has 1 aliphatic rings. The smallest absolute Gasteiger partial charge is 0.187 e. The van der Waals surface area contributed by atoms with Crippen LogP contribution in [0.2, 0.25) is 0 Å². The molecule has 1 fully saturated rings. The van der Waals surface area contributed by atoms with Crippen molar-refractivity contribution in [3.63, 3.8) is 0 Å². The maximum absolute atomic E-state index is 12.1. The maximum Gasteiger partial charge on any atom is 0.187 e.